The Morgan fingerprint density at radius 3 is 2.42 bits per heavy atom. The first kappa shape index (κ1) is 20.4. The van der Waals surface area contributed by atoms with Gasteiger partial charge in [-0.15, -0.1) is 0 Å². The standard InChI is InChI=1S/C21H33N3O2/c1-15(2)12-23(13-16(3)4)10-7-11-24-14-17-8-6-9-18(20(25)22-5)19(17)21(24)26/h6,8-9,15-16H,7,10-14H2,1-5H3,(H,22,25). The second kappa shape index (κ2) is 9.17. The Morgan fingerprint density at radius 1 is 1.19 bits per heavy atom. The Hall–Kier alpha value is -1.88. The molecule has 5 nitrogen and oxygen atoms in total. The Bertz CT molecular complexity index is 630. The van der Waals surface area contributed by atoms with Gasteiger partial charge in [-0.05, 0) is 36.4 Å². The average Bonchev–Trinajstić information content (AvgIpc) is 2.89. The van der Waals surface area contributed by atoms with Crippen LogP contribution >= 0.6 is 0 Å². The molecule has 0 bridgehead atoms. The van der Waals surface area contributed by atoms with Gasteiger partial charge in [-0.3, -0.25) is 9.59 Å². The van der Waals surface area contributed by atoms with Gasteiger partial charge in [0.15, 0.2) is 0 Å². The number of hydrogen-bond acceptors (Lipinski definition) is 3. The summed E-state index contributed by atoms with van der Waals surface area (Å²) in [6.45, 7) is 13.5. The van der Waals surface area contributed by atoms with Crippen LogP contribution in [0.1, 0.15) is 60.4 Å². The van der Waals surface area contributed by atoms with Gasteiger partial charge in [0.2, 0.25) is 0 Å². The molecule has 0 saturated heterocycles. The highest BCUT2D eigenvalue weighted by Gasteiger charge is 2.31. The highest BCUT2D eigenvalue weighted by atomic mass is 16.2. The van der Waals surface area contributed by atoms with Gasteiger partial charge in [0.1, 0.15) is 0 Å². The number of amides is 2. The van der Waals surface area contributed by atoms with Gasteiger partial charge in [0, 0.05) is 33.2 Å². The van der Waals surface area contributed by atoms with Gasteiger partial charge < -0.3 is 15.1 Å². The Morgan fingerprint density at radius 2 is 1.85 bits per heavy atom. The number of nitrogens with zero attached hydrogens (tertiary/aromatic N) is 2. The Balaban J connectivity index is 1.97. The molecule has 26 heavy (non-hydrogen) atoms. The van der Waals surface area contributed by atoms with Crippen molar-refractivity contribution in [2.45, 2.75) is 40.7 Å². The van der Waals surface area contributed by atoms with Crippen LogP contribution in [-0.4, -0.2) is 54.8 Å². The summed E-state index contributed by atoms with van der Waals surface area (Å²) in [5, 5.41) is 2.62. The van der Waals surface area contributed by atoms with Crippen LogP contribution in [0.5, 0.6) is 0 Å². The second-order valence-electron chi connectivity index (χ2n) is 8.05. The van der Waals surface area contributed by atoms with Crippen molar-refractivity contribution < 1.29 is 9.59 Å². The normalized spacial score (nSPS) is 13.8. The summed E-state index contributed by atoms with van der Waals surface area (Å²) in [6.07, 6.45) is 0.953. The first-order chi connectivity index (χ1) is 12.3. The molecule has 1 aliphatic heterocycles. The molecular formula is C21H33N3O2. The van der Waals surface area contributed by atoms with E-state index in [1.54, 1.807) is 13.1 Å². The van der Waals surface area contributed by atoms with Crippen molar-refractivity contribution in [3.63, 3.8) is 0 Å². The number of rotatable bonds is 9. The SMILES string of the molecule is CNC(=O)c1cccc2c1C(=O)N(CCCN(CC(C)C)CC(C)C)C2. The predicted octanol–water partition coefficient (Wildman–Crippen LogP) is 3.01. The van der Waals surface area contributed by atoms with E-state index in [1.807, 2.05) is 17.0 Å². The summed E-state index contributed by atoms with van der Waals surface area (Å²) < 4.78 is 0. The molecular weight excluding hydrogens is 326 g/mol. The third-order valence-corrected chi connectivity index (χ3v) is 4.63. The summed E-state index contributed by atoms with van der Waals surface area (Å²) >= 11 is 0. The third-order valence-electron chi connectivity index (χ3n) is 4.63. The van der Waals surface area contributed by atoms with E-state index < -0.39 is 0 Å². The molecule has 2 amide bonds. The summed E-state index contributed by atoms with van der Waals surface area (Å²) in [5.74, 6) is 1.07. The lowest BCUT2D eigenvalue weighted by Crippen LogP contribution is -2.35. The van der Waals surface area contributed by atoms with E-state index in [4.69, 9.17) is 0 Å². The van der Waals surface area contributed by atoms with E-state index in [0.717, 1.165) is 38.2 Å². The quantitative estimate of drug-likeness (QED) is 0.737. The molecule has 1 heterocycles. The molecule has 0 saturated carbocycles. The molecule has 0 aromatic heterocycles. The van der Waals surface area contributed by atoms with Gasteiger partial charge in [-0.1, -0.05) is 39.8 Å². The van der Waals surface area contributed by atoms with Crippen molar-refractivity contribution in [1.82, 2.24) is 15.1 Å². The zero-order chi connectivity index (χ0) is 19.3. The Labute approximate surface area is 157 Å². The van der Waals surface area contributed by atoms with E-state index in [1.165, 1.54) is 0 Å². The Kier molecular flexibility index (Phi) is 7.21. The van der Waals surface area contributed by atoms with E-state index in [-0.39, 0.29) is 11.8 Å². The monoisotopic (exact) mass is 359 g/mol. The maximum absolute atomic E-state index is 12.8. The maximum Gasteiger partial charge on any atom is 0.255 e. The number of hydrogen-bond donors (Lipinski definition) is 1. The van der Waals surface area contributed by atoms with Crippen LogP contribution in [0.4, 0.5) is 0 Å². The molecule has 2 rings (SSSR count). The number of fused-ring (bicyclic) bond motifs is 1. The number of carbonyl (C=O) groups is 2. The highest BCUT2D eigenvalue weighted by Crippen LogP contribution is 2.26. The minimum atomic E-state index is -0.197. The van der Waals surface area contributed by atoms with Gasteiger partial charge in [-0.2, -0.15) is 0 Å². The third kappa shape index (κ3) is 5.07. The smallest absolute Gasteiger partial charge is 0.255 e. The van der Waals surface area contributed by atoms with Gasteiger partial charge in [0.25, 0.3) is 11.8 Å². The summed E-state index contributed by atoms with van der Waals surface area (Å²) in [7, 11) is 1.59. The van der Waals surface area contributed by atoms with Crippen LogP contribution in [0.3, 0.4) is 0 Å². The molecule has 1 aromatic rings. The molecule has 0 unspecified atom stereocenters. The first-order valence-corrected chi connectivity index (χ1v) is 9.69. The van der Waals surface area contributed by atoms with Crippen molar-refractivity contribution in [2.75, 3.05) is 33.2 Å². The van der Waals surface area contributed by atoms with Crippen LogP contribution in [-0.2, 0) is 6.54 Å². The zero-order valence-corrected chi connectivity index (χ0v) is 16.8. The molecule has 5 heteroatoms. The van der Waals surface area contributed by atoms with Gasteiger partial charge in [0.05, 0.1) is 11.1 Å². The molecule has 144 valence electrons. The van der Waals surface area contributed by atoms with Crippen molar-refractivity contribution in [2.24, 2.45) is 11.8 Å². The van der Waals surface area contributed by atoms with E-state index >= 15 is 0 Å². The molecule has 0 aliphatic carbocycles. The first-order valence-electron chi connectivity index (χ1n) is 9.69. The fourth-order valence-corrected chi connectivity index (χ4v) is 3.70. The summed E-state index contributed by atoms with van der Waals surface area (Å²) in [5.41, 5.74) is 2.02. The predicted molar refractivity (Wildman–Crippen MR) is 105 cm³/mol. The van der Waals surface area contributed by atoms with Crippen molar-refractivity contribution in [3.8, 4) is 0 Å². The van der Waals surface area contributed by atoms with Gasteiger partial charge in [-0.25, -0.2) is 0 Å². The largest absolute Gasteiger partial charge is 0.355 e. The molecule has 1 N–H and O–H groups in total. The minimum Gasteiger partial charge on any atom is -0.355 e. The van der Waals surface area contributed by atoms with Crippen LogP contribution in [0, 0.1) is 11.8 Å². The molecule has 1 aromatic carbocycles. The number of benzene rings is 1. The summed E-state index contributed by atoms with van der Waals surface area (Å²) in [6, 6.07) is 5.53. The lowest BCUT2D eigenvalue weighted by Gasteiger charge is -2.27. The minimum absolute atomic E-state index is 0.0153. The second-order valence-corrected chi connectivity index (χ2v) is 8.05. The highest BCUT2D eigenvalue weighted by molar-refractivity contribution is 6.09. The lowest BCUT2D eigenvalue weighted by atomic mass is 10.0. The van der Waals surface area contributed by atoms with Crippen LogP contribution in [0.2, 0.25) is 0 Å². The average molecular weight is 360 g/mol. The molecule has 0 fully saturated rings. The van der Waals surface area contributed by atoms with E-state index in [9.17, 15) is 9.59 Å². The van der Waals surface area contributed by atoms with Crippen molar-refractivity contribution in [1.29, 1.82) is 0 Å². The zero-order valence-electron chi connectivity index (χ0n) is 16.8. The van der Waals surface area contributed by atoms with E-state index in [2.05, 4.69) is 37.9 Å². The van der Waals surface area contributed by atoms with E-state index in [0.29, 0.717) is 29.5 Å². The molecule has 0 radical (unpaired) electrons. The molecule has 0 spiro atoms. The lowest BCUT2D eigenvalue weighted by molar-refractivity contribution is 0.0763. The van der Waals surface area contributed by atoms with Gasteiger partial charge >= 0.3 is 0 Å². The summed E-state index contributed by atoms with van der Waals surface area (Å²) in [4.78, 5) is 29.2. The van der Waals surface area contributed by atoms with Crippen molar-refractivity contribution >= 4 is 11.8 Å². The number of nitrogens with one attached hydrogen (secondary N) is 1. The molecule has 1 aliphatic rings. The molecule has 0 atom stereocenters. The van der Waals surface area contributed by atoms with Crippen molar-refractivity contribution in [3.05, 3.63) is 34.9 Å². The maximum atomic E-state index is 12.8. The van der Waals surface area contributed by atoms with Crippen LogP contribution in [0.15, 0.2) is 18.2 Å². The van der Waals surface area contributed by atoms with Crippen LogP contribution in [0.25, 0.3) is 0 Å². The fourth-order valence-electron chi connectivity index (χ4n) is 3.70. The van der Waals surface area contributed by atoms with Crippen LogP contribution < -0.4 is 5.32 Å². The number of carbonyl (C=O) groups excluding carboxylic acids is 2. The topological polar surface area (TPSA) is 52.7 Å². The fraction of sp³-hybridized carbons (Fsp3) is 0.619.